The molecule has 1 fully saturated rings. The van der Waals surface area contributed by atoms with Crippen LogP contribution in [0.25, 0.3) is 11.5 Å². The summed E-state index contributed by atoms with van der Waals surface area (Å²) >= 11 is 0. The zero-order valence-corrected chi connectivity index (χ0v) is 10.4. The fraction of sp³-hybridized carbons (Fsp3) is 0.333. The molecule has 0 radical (unpaired) electrons. The Hall–Kier alpha value is -2.35. The van der Waals surface area contributed by atoms with Crippen LogP contribution in [0, 0.1) is 15.9 Å². The Morgan fingerprint density at radius 3 is 2.95 bits per heavy atom. The van der Waals surface area contributed by atoms with E-state index in [0.717, 1.165) is 25.0 Å². The van der Waals surface area contributed by atoms with E-state index in [1.807, 2.05) is 0 Å². The van der Waals surface area contributed by atoms with Gasteiger partial charge in [0.15, 0.2) is 5.82 Å². The Labute approximate surface area is 112 Å². The van der Waals surface area contributed by atoms with Gasteiger partial charge in [-0.3, -0.25) is 10.1 Å². The summed E-state index contributed by atoms with van der Waals surface area (Å²) < 4.78 is 18.3. The summed E-state index contributed by atoms with van der Waals surface area (Å²) in [6.07, 6.45) is 2.28. The first-order valence-electron chi connectivity index (χ1n) is 6.13. The summed E-state index contributed by atoms with van der Waals surface area (Å²) in [7, 11) is 0. The first kappa shape index (κ1) is 12.7. The van der Waals surface area contributed by atoms with Crippen molar-refractivity contribution in [1.82, 2.24) is 15.5 Å². The van der Waals surface area contributed by atoms with Gasteiger partial charge in [0.1, 0.15) is 5.82 Å². The maximum atomic E-state index is 13.3. The maximum Gasteiger partial charge on any atom is 0.273 e. The van der Waals surface area contributed by atoms with Crippen LogP contribution in [0.1, 0.15) is 18.7 Å². The second-order valence-corrected chi connectivity index (χ2v) is 4.63. The number of nitrogens with one attached hydrogen (secondary N) is 1. The Bertz CT molecular complexity index is 654. The van der Waals surface area contributed by atoms with Crippen LogP contribution in [-0.2, 0) is 6.54 Å². The van der Waals surface area contributed by atoms with E-state index in [0.29, 0.717) is 18.4 Å². The summed E-state index contributed by atoms with van der Waals surface area (Å²) in [4.78, 5) is 14.1. The lowest BCUT2D eigenvalue weighted by Crippen LogP contribution is -2.16. The largest absolute Gasteiger partial charge is 0.334 e. The molecule has 0 saturated heterocycles. The zero-order valence-electron chi connectivity index (χ0n) is 10.4. The van der Waals surface area contributed by atoms with Crippen molar-refractivity contribution in [3.05, 3.63) is 40.0 Å². The van der Waals surface area contributed by atoms with Gasteiger partial charge in [0.2, 0.25) is 0 Å². The van der Waals surface area contributed by atoms with Crippen molar-refractivity contribution in [2.45, 2.75) is 25.4 Å². The van der Waals surface area contributed by atoms with Gasteiger partial charge >= 0.3 is 0 Å². The topological polar surface area (TPSA) is 94.1 Å². The molecule has 20 heavy (non-hydrogen) atoms. The normalized spacial score (nSPS) is 14.4. The predicted octanol–water partition coefficient (Wildman–Crippen LogP) is 2.04. The van der Waals surface area contributed by atoms with E-state index in [1.165, 1.54) is 6.07 Å². The van der Waals surface area contributed by atoms with Crippen molar-refractivity contribution < 1.29 is 13.8 Å². The molecule has 0 atom stereocenters. The molecule has 1 heterocycles. The monoisotopic (exact) mass is 278 g/mol. The quantitative estimate of drug-likeness (QED) is 0.664. The Balaban J connectivity index is 1.82. The lowest BCUT2D eigenvalue weighted by atomic mass is 10.2. The zero-order chi connectivity index (χ0) is 14.1. The number of aromatic nitrogens is 2. The van der Waals surface area contributed by atoms with Gasteiger partial charge in [-0.25, -0.2) is 4.39 Å². The van der Waals surface area contributed by atoms with Crippen LogP contribution in [-0.4, -0.2) is 21.1 Å². The van der Waals surface area contributed by atoms with Crippen LogP contribution in [0.15, 0.2) is 22.7 Å². The number of nitro groups is 1. The maximum absolute atomic E-state index is 13.3. The molecule has 3 rings (SSSR count). The Kier molecular flexibility index (Phi) is 3.15. The summed E-state index contributed by atoms with van der Waals surface area (Å²) in [6.45, 7) is 0.464. The van der Waals surface area contributed by atoms with Gasteiger partial charge in [0, 0.05) is 17.7 Å². The number of benzene rings is 1. The van der Waals surface area contributed by atoms with Gasteiger partial charge in [0.25, 0.3) is 11.6 Å². The SMILES string of the molecule is O=[N+]([O-])c1cc(F)cc(-c2nc(CNC3CC3)no2)c1. The van der Waals surface area contributed by atoms with Crippen molar-refractivity contribution in [3.8, 4) is 11.5 Å². The fourth-order valence-corrected chi connectivity index (χ4v) is 1.77. The molecule has 7 nitrogen and oxygen atoms in total. The number of non-ortho nitro benzene ring substituents is 1. The minimum absolute atomic E-state index is 0.0696. The van der Waals surface area contributed by atoms with Gasteiger partial charge < -0.3 is 9.84 Å². The van der Waals surface area contributed by atoms with E-state index < -0.39 is 10.7 Å². The molecular formula is C12H11FN4O3. The molecule has 0 amide bonds. The summed E-state index contributed by atoms with van der Waals surface area (Å²) in [5.74, 6) is -0.205. The molecular weight excluding hydrogens is 267 g/mol. The Morgan fingerprint density at radius 1 is 1.45 bits per heavy atom. The molecule has 104 valence electrons. The van der Waals surface area contributed by atoms with Crippen molar-refractivity contribution in [3.63, 3.8) is 0 Å². The molecule has 1 saturated carbocycles. The second-order valence-electron chi connectivity index (χ2n) is 4.63. The highest BCUT2D eigenvalue weighted by Crippen LogP contribution is 2.24. The summed E-state index contributed by atoms with van der Waals surface area (Å²) in [6, 6.07) is 3.68. The van der Waals surface area contributed by atoms with Crippen LogP contribution in [0.5, 0.6) is 0 Å². The van der Waals surface area contributed by atoms with Crippen LogP contribution in [0.3, 0.4) is 0 Å². The molecule has 0 aliphatic heterocycles. The minimum atomic E-state index is -0.718. The van der Waals surface area contributed by atoms with E-state index in [9.17, 15) is 14.5 Å². The molecule has 8 heteroatoms. The van der Waals surface area contributed by atoms with Gasteiger partial charge in [-0.2, -0.15) is 4.98 Å². The van der Waals surface area contributed by atoms with Gasteiger partial charge in [-0.15, -0.1) is 0 Å². The van der Waals surface area contributed by atoms with Crippen LogP contribution in [0.4, 0.5) is 10.1 Å². The third-order valence-electron chi connectivity index (χ3n) is 2.93. The fourth-order valence-electron chi connectivity index (χ4n) is 1.77. The highest BCUT2D eigenvalue weighted by Gasteiger charge is 2.21. The molecule has 2 aromatic rings. The smallest absolute Gasteiger partial charge is 0.273 e. The molecule has 1 aromatic heterocycles. The van der Waals surface area contributed by atoms with Gasteiger partial charge in [-0.05, 0) is 18.9 Å². The molecule has 0 unspecified atom stereocenters. The van der Waals surface area contributed by atoms with Crippen molar-refractivity contribution in [2.75, 3.05) is 0 Å². The third kappa shape index (κ3) is 2.80. The first-order valence-corrected chi connectivity index (χ1v) is 6.13. The summed E-state index contributed by atoms with van der Waals surface area (Å²) in [5, 5.41) is 17.7. The van der Waals surface area contributed by atoms with Crippen LogP contribution in [0.2, 0.25) is 0 Å². The molecule has 0 bridgehead atoms. The van der Waals surface area contributed by atoms with E-state index in [2.05, 4.69) is 15.5 Å². The number of halogens is 1. The highest BCUT2D eigenvalue weighted by atomic mass is 19.1. The molecule has 1 N–H and O–H groups in total. The molecule has 1 aliphatic rings. The number of rotatable bonds is 5. The van der Waals surface area contributed by atoms with Crippen LogP contribution >= 0.6 is 0 Å². The lowest BCUT2D eigenvalue weighted by molar-refractivity contribution is -0.385. The average Bonchev–Trinajstić information content (AvgIpc) is 3.12. The second kappa shape index (κ2) is 4.97. The van der Waals surface area contributed by atoms with E-state index in [4.69, 9.17) is 4.52 Å². The molecule has 0 spiro atoms. The number of hydrogen-bond donors (Lipinski definition) is 1. The van der Waals surface area contributed by atoms with Crippen molar-refractivity contribution >= 4 is 5.69 Å². The lowest BCUT2D eigenvalue weighted by Gasteiger charge is -1.96. The van der Waals surface area contributed by atoms with Crippen LogP contribution < -0.4 is 5.32 Å². The molecule has 1 aliphatic carbocycles. The minimum Gasteiger partial charge on any atom is -0.334 e. The molecule has 1 aromatic carbocycles. The third-order valence-corrected chi connectivity index (χ3v) is 2.93. The standard InChI is InChI=1S/C12H11FN4O3/c13-8-3-7(4-10(5-8)17(18)19)12-15-11(16-20-12)6-14-9-1-2-9/h3-5,9,14H,1-2,6H2. The van der Waals surface area contributed by atoms with Crippen molar-refractivity contribution in [2.24, 2.45) is 0 Å². The average molecular weight is 278 g/mol. The van der Waals surface area contributed by atoms with Gasteiger partial charge in [0.05, 0.1) is 17.5 Å². The van der Waals surface area contributed by atoms with E-state index in [1.54, 1.807) is 0 Å². The number of nitro benzene ring substituents is 1. The summed E-state index contributed by atoms with van der Waals surface area (Å²) in [5.41, 5.74) is -0.155. The first-order chi connectivity index (χ1) is 9.61. The number of nitrogens with zero attached hydrogens (tertiary/aromatic N) is 3. The predicted molar refractivity (Wildman–Crippen MR) is 66.2 cm³/mol. The number of hydrogen-bond acceptors (Lipinski definition) is 6. The highest BCUT2D eigenvalue weighted by molar-refractivity contribution is 5.57. The van der Waals surface area contributed by atoms with E-state index in [-0.39, 0.29) is 17.1 Å². The van der Waals surface area contributed by atoms with Gasteiger partial charge in [-0.1, -0.05) is 5.16 Å². The van der Waals surface area contributed by atoms with Crippen molar-refractivity contribution in [1.29, 1.82) is 0 Å². The Morgan fingerprint density at radius 2 is 2.25 bits per heavy atom. The van der Waals surface area contributed by atoms with E-state index >= 15 is 0 Å².